The van der Waals surface area contributed by atoms with E-state index in [9.17, 15) is 14.4 Å². The second-order valence-corrected chi connectivity index (χ2v) is 8.97. The number of anilines is 2. The average molecular weight is 538 g/mol. The van der Waals surface area contributed by atoms with Crippen molar-refractivity contribution in [2.75, 3.05) is 36.5 Å². The maximum atomic E-state index is 12.9. The molecule has 0 spiro atoms. The Labute approximate surface area is 229 Å². The summed E-state index contributed by atoms with van der Waals surface area (Å²) in [6.07, 6.45) is 0. The van der Waals surface area contributed by atoms with E-state index in [4.69, 9.17) is 9.26 Å². The van der Waals surface area contributed by atoms with E-state index in [2.05, 4.69) is 30.5 Å². The van der Waals surface area contributed by atoms with Crippen molar-refractivity contribution in [3.05, 3.63) is 107 Å². The molecule has 0 radical (unpaired) electrons. The van der Waals surface area contributed by atoms with E-state index in [1.54, 1.807) is 67.6 Å². The zero-order valence-electron chi connectivity index (χ0n) is 21.6. The molecule has 1 N–H and O–H groups in total. The number of ether oxygens (including phenoxy) is 1. The highest BCUT2D eigenvalue weighted by Crippen LogP contribution is 2.19. The molecule has 1 aliphatic heterocycles. The SMILES string of the molecule is Cc1cc(C(=O)Nc2ccc(C(=O)c3ccc(N=[N+]=NC(=O)c4ccc(N5CCOCC5)cc4)cc3)cc2)no1. The van der Waals surface area contributed by atoms with Crippen LogP contribution in [0.5, 0.6) is 0 Å². The maximum absolute atomic E-state index is 12.9. The molecule has 1 aromatic heterocycles. The number of ketones is 1. The Balaban J connectivity index is 1.17. The number of carbonyl (C=O) groups excluding carboxylic acids is 3. The molecule has 11 heteroatoms. The molecule has 0 bridgehead atoms. The van der Waals surface area contributed by atoms with Gasteiger partial charge >= 0.3 is 5.91 Å². The van der Waals surface area contributed by atoms with E-state index in [1.807, 2.05) is 12.1 Å². The van der Waals surface area contributed by atoms with Crippen molar-refractivity contribution in [1.29, 1.82) is 0 Å². The maximum Gasteiger partial charge on any atom is 0.360 e. The third kappa shape index (κ3) is 6.41. The van der Waals surface area contributed by atoms with Gasteiger partial charge < -0.3 is 19.5 Å². The van der Waals surface area contributed by atoms with Gasteiger partial charge in [0.2, 0.25) is 10.0 Å². The Hall–Kier alpha value is -5.25. The summed E-state index contributed by atoms with van der Waals surface area (Å²) < 4.78 is 10.3. The van der Waals surface area contributed by atoms with Crippen molar-refractivity contribution in [3.8, 4) is 0 Å². The fourth-order valence-corrected chi connectivity index (χ4v) is 4.03. The van der Waals surface area contributed by atoms with Crippen molar-refractivity contribution in [3.63, 3.8) is 0 Å². The Morgan fingerprint density at radius 2 is 1.50 bits per heavy atom. The molecule has 4 aromatic rings. The lowest BCUT2D eigenvalue weighted by atomic mass is 10.0. The van der Waals surface area contributed by atoms with Crippen LogP contribution < -0.4 is 15.1 Å². The standard InChI is InChI=1S/C29H24N6O5/c1-19-18-26(33-40-19)29(38)30-23-8-2-20(3-9-23)27(36)21-4-10-24(11-5-21)31-34-32-28(37)22-6-12-25(13-7-22)35-14-16-39-17-15-35/h2-13,18H,14-17H2,1H3/p+1. The first-order valence-electron chi connectivity index (χ1n) is 12.5. The molecule has 0 saturated carbocycles. The van der Waals surface area contributed by atoms with Crippen LogP contribution in [0.2, 0.25) is 0 Å². The highest BCUT2D eigenvalue weighted by atomic mass is 16.5. The number of hydrogen-bond acceptors (Lipinski definition) is 8. The van der Waals surface area contributed by atoms with Crippen LogP contribution in [0.3, 0.4) is 0 Å². The highest BCUT2D eigenvalue weighted by molar-refractivity contribution is 6.09. The van der Waals surface area contributed by atoms with E-state index >= 15 is 0 Å². The summed E-state index contributed by atoms with van der Waals surface area (Å²) in [6.45, 7) is 4.70. The lowest BCUT2D eigenvalue weighted by Gasteiger charge is -2.28. The van der Waals surface area contributed by atoms with Gasteiger partial charge in [0.15, 0.2) is 22.3 Å². The van der Waals surface area contributed by atoms with Gasteiger partial charge in [-0.25, -0.2) is 0 Å². The summed E-state index contributed by atoms with van der Waals surface area (Å²) in [4.78, 5) is 43.3. The van der Waals surface area contributed by atoms with Crippen LogP contribution in [0, 0.1) is 6.92 Å². The fraction of sp³-hybridized carbons (Fsp3) is 0.172. The van der Waals surface area contributed by atoms with E-state index in [0.717, 1.165) is 18.8 Å². The van der Waals surface area contributed by atoms with E-state index < -0.39 is 11.8 Å². The lowest BCUT2D eigenvalue weighted by molar-refractivity contribution is 0.0989. The average Bonchev–Trinajstić information content (AvgIpc) is 3.44. The zero-order valence-corrected chi connectivity index (χ0v) is 21.6. The number of aryl methyl sites for hydroxylation is 1. The number of amides is 2. The smallest absolute Gasteiger partial charge is 0.360 e. The van der Waals surface area contributed by atoms with E-state index in [1.165, 1.54) is 6.07 Å². The predicted molar refractivity (Wildman–Crippen MR) is 146 cm³/mol. The van der Waals surface area contributed by atoms with Crippen molar-refractivity contribution in [2.45, 2.75) is 6.92 Å². The molecule has 40 heavy (non-hydrogen) atoms. The number of morpholine rings is 1. The topological polar surface area (TPSA) is 141 Å². The molecule has 5 rings (SSSR count). The van der Waals surface area contributed by atoms with Gasteiger partial charge in [-0.2, -0.15) is 0 Å². The molecule has 1 saturated heterocycles. The molecule has 0 aliphatic carbocycles. The summed E-state index contributed by atoms with van der Waals surface area (Å²) in [6, 6.07) is 21.7. The van der Waals surface area contributed by atoms with Gasteiger partial charge in [-0.05, 0) is 79.7 Å². The largest absolute Gasteiger partial charge is 0.378 e. The Kier molecular flexibility index (Phi) is 7.96. The molecule has 0 unspecified atom stereocenters. The summed E-state index contributed by atoms with van der Waals surface area (Å²) in [5.41, 5.74) is 3.46. The number of rotatable bonds is 7. The number of hydrogen-bond donors (Lipinski definition) is 1. The summed E-state index contributed by atoms with van der Waals surface area (Å²) in [5, 5.41) is 14.0. The number of carbonyl (C=O) groups is 3. The summed E-state index contributed by atoms with van der Waals surface area (Å²) >= 11 is 0. The quantitative estimate of drug-likeness (QED) is 0.204. The van der Waals surface area contributed by atoms with Gasteiger partial charge in [-0.3, -0.25) is 14.4 Å². The molecular formula is C29H25N6O5+. The first-order chi connectivity index (χ1) is 19.5. The second-order valence-electron chi connectivity index (χ2n) is 8.97. The van der Waals surface area contributed by atoms with Gasteiger partial charge in [0.25, 0.3) is 5.91 Å². The van der Waals surface area contributed by atoms with Crippen LogP contribution in [-0.2, 0) is 4.74 Å². The Bertz CT molecular complexity index is 1580. The van der Waals surface area contributed by atoms with E-state index in [0.29, 0.717) is 47.0 Å². The van der Waals surface area contributed by atoms with Gasteiger partial charge in [-0.15, -0.1) is 0 Å². The van der Waals surface area contributed by atoms with E-state index in [-0.39, 0.29) is 11.5 Å². The zero-order chi connectivity index (χ0) is 27.9. The van der Waals surface area contributed by atoms with Gasteiger partial charge in [0.05, 0.1) is 13.2 Å². The van der Waals surface area contributed by atoms with Crippen molar-refractivity contribution < 1.29 is 23.6 Å². The number of aromatic nitrogens is 1. The van der Waals surface area contributed by atoms with Gasteiger partial charge in [-0.1, -0.05) is 5.16 Å². The molecule has 2 heterocycles. The minimum Gasteiger partial charge on any atom is -0.378 e. The van der Waals surface area contributed by atoms with Gasteiger partial charge in [0, 0.05) is 47.2 Å². The summed E-state index contributed by atoms with van der Waals surface area (Å²) in [7, 11) is 0. The van der Waals surface area contributed by atoms with Crippen molar-refractivity contribution >= 4 is 34.7 Å². The molecule has 1 aliphatic rings. The molecule has 1 fully saturated rings. The fourth-order valence-electron chi connectivity index (χ4n) is 4.03. The third-order valence-corrected chi connectivity index (χ3v) is 6.18. The summed E-state index contributed by atoms with van der Waals surface area (Å²) in [5.74, 6) is -0.573. The highest BCUT2D eigenvalue weighted by Gasteiger charge is 2.15. The first-order valence-corrected chi connectivity index (χ1v) is 12.5. The molecule has 200 valence electrons. The number of nitrogens with zero attached hydrogens (tertiary/aromatic N) is 5. The molecular weight excluding hydrogens is 512 g/mol. The van der Waals surface area contributed by atoms with Crippen LogP contribution >= 0.6 is 0 Å². The van der Waals surface area contributed by atoms with Crippen LogP contribution in [0.1, 0.15) is 42.5 Å². The van der Waals surface area contributed by atoms with Crippen LogP contribution in [0.15, 0.2) is 93.6 Å². The van der Waals surface area contributed by atoms with Crippen LogP contribution in [0.25, 0.3) is 0 Å². The predicted octanol–water partition coefficient (Wildman–Crippen LogP) is 4.75. The van der Waals surface area contributed by atoms with Crippen LogP contribution in [-0.4, -0.2) is 49.1 Å². The lowest BCUT2D eigenvalue weighted by Crippen LogP contribution is -2.36. The Morgan fingerprint density at radius 3 is 2.12 bits per heavy atom. The molecule has 11 nitrogen and oxygen atoms in total. The van der Waals surface area contributed by atoms with Crippen LogP contribution in [0.4, 0.5) is 17.1 Å². The first kappa shape index (κ1) is 26.4. The number of benzene rings is 3. The second kappa shape index (κ2) is 12.1. The Morgan fingerprint density at radius 1 is 0.875 bits per heavy atom. The number of nitrogens with one attached hydrogen (secondary N) is 1. The van der Waals surface area contributed by atoms with Crippen molar-refractivity contribution in [2.24, 2.45) is 10.2 Å². The minimum atomic E-state index is -0.500. The molecule has 2 amide bonds. The van der Waals surface area contributed by atoms with Gasteiger partial charge in [0.1, 0.15) is 5.76 Å². The third-order valence-electron chi connectivity index (χ3n) is 6.18. The minimum absolute atomic E-state index is 0.171. The molecule has 3 aromatic carbocycles. The van der Waals surface area contributed by atoms with Crippen molar-refractivity contribution in [1.82, 2.24) is 10.1 Å². The normalized spacial score (nSPS) is 12.8. The monoisotopic (exact) mass is 537 g/mol. The molecule has 0 atom stereocenters.